The van der Waals surface area contributed by atoms with Crippen LogP contribution in [-0.4, -0.2) is 52.6 Å². The van der Waals surface area contributed by atoms with Crippen LogP contribution in [0, 0.1) is 17.2 Å². The van der Waals surface area contributed by atoms with E-state index in [1.165, 1.54) is 0 Å². The van der Waals surface area contributed by atoms with E-state index in [1.54, 1.807) is 0 Å². The van der Waals surface area contributed by atoms with Crippen LogP contribution in [0.15, 0.2) is 0 Å². The zero-order chi connectivity index (χ0) is 15.2. The van der Waals surface area contributed by atoms with Crippen LogP contribution in [0.4, 0.5) is 4.79 Å². The molecular formula is C15H23N3O3. The third kappa shape index (κ3) is 4.62. The van der Waals surface area contributed by atoms with Gasteiger partial charge in [0, 0.05) is 32.1 Å². The average molecular weight is 293 g/mol. The lowest BCUT2D eigenvalue weighted by molar-refractivity contribution is -0.137. The van der Waals surface area contributed by atoms with Gasteiger partial charge in [0.05, 0.1) is 12.5 Å². The lowest BCUT2D eigenvalue weighted by Gasteiger charge is -2.35. The number of amides is 2. The molecule has 6 heteroatoms. The van der Waals surface area contributed by atoms with Gasteiger partial charge in [-0.05, 0) is 38.0 Å². The number of carbonyl (C=O) groups is 2. The van der Waals surface area contributed by atoms with Crippen LogP contribution in [0.1, 0.15) is 44.9 Å². The third-order valence-corrected chi connectivity index (χ3v) is 4.35. The minimum Gasteiger partial charge on any atom is -0.481 e. The summed E-state index contributed by atoms with van der Waals surface area (Å²) in [7, 11) is 0. The zero-order valence-corrected chi connectivity index (χ0v) is 12.3. The molecule has 2 rings (SSSR count). The van der Waals surface area contributed by atoms with Crippen LogP contribution in [0.5, 0.6) is 0 Å². The number of nitrogens with zero attached hydrogens (tertiary/aromatic N) is 3. The lowest BCUT2D eigenvalue weighted by Crippen LogP contribution is -2.47. The lowest BCUT2D eigenvalue weighted by atomic mass is 9.92. The zero-order valence-electron chi connectivity index (χ0n) is 12.3. The topological polar surface area (TPSA) is 84.6 Å². The van der Waals surface area contributed by atoms with Gasteiger partial charge in [-0.2, -0.15) is 5.26 Å². The van der Waals surface area contributed by atoms with Crippen molar-refractivity contribution in [3.63, 3.8) is 0 Å². The van der Waals surface area contributed by atoms with Crippen molar-refractivity contribution in [2.75, 3.05) is 19.6 Å². The van der Waals surface area contributed by atoms with E-state index in [9.17, 15) is 9.59 Å². The summed E-state index contributed by atoms with van der Waals surface area (Å²) in [5.41, 5.74) is 0. The number of carbonyl (C=O) groups excluding carboxylic acids is 1. The summed E-state index contributed by atoms with van der Waals surface area (Å²) in [5.74, 6) is -0.330. The molecule has 0 radical (unpaired) electrons. The van der Waals surface area contributed by atoms with E-state index in [0.29, 0.717) is 44.4 Å². The normalized spacial score (nSPS) is 19.1. The second-order valence-corrected chi connectivity index (χ2v) is 5.98. The Morgan fingerprint density at radius 2 is 1.90 bits per heavy atom. The highest BCUT2D eigenvalue weighted by Gasteiger charge is 2.35. The molecule has 0 aromatic rings. The summed E-state index contributed by atoms with van der Waals surface area (Å²) in [4.78, 5) is 26.8. The molecule has 2 amide bonds. The molecule has 1 aliphatic carbocycles. The molecule has 0 aromatic carbocycles. The summed E-state index contributed by atoms with van der Waals surface area (Å²) in [6.45, 7) is 1.94. The van der Waals surface area contributed by atoms with E-state index in [1.807, 2.05) is 9.80 Å². The highest BCUT2D eigenvalue weighted by molar-refractivity contribution is 5.75. The minimum atomic E-state index is -0.745. The number of nitriles is 1. The summed E-state index contributed by atoms with van der Waals surface area (Å²) in [5, 5.41) is 17.4. The van der Waals surface area contributed by atoms with Crippen molar-refractivity contribution in [1.29, 1.82) is 5.26 Å². The first kappa shape index (κ1) is 15.6. The highest BCUT2D eigenvalue weighted by atomic mass is 16.4. The van der Waals surface area contributed by atoms with Crippen molar-refractivity contribution in [3.8, 4) is 6.07 Å². The van der Waals surface area contributed by atoms with E-state index in [4.69, 9.17) is 10.4 Å². The number of carboxylic acids is 1. The molecule has 1 saturated heterocycles. The maximum atomic E-state index is 12.5. The number of likely N-dealkylation sites (tertiary alicyclic amines) is 1. The Bertz CT molecular complexity index is 420. The second kappa shape index (κ2) is 7.30. The number of rotatable bonds is 6. The monoisotopic (exact) mass is 293 g/mol. The van der Waals surface area contributed by atoms with Crippen molar-refractivity contribution < 1.29 is 14.7 Å². The largest absolute Gasteiger partial charge is 0.481 e. The quantitative estimate of drug-likeness (QED) is 0.812. The smallest absolute Gasteiger partial charge is 0.320 e. The Kier molecular flexibility index (Phi) is 5.43. The first-order valence-corrected chi connectivity index (χ1v) is 7.76. The molecule has 0 atom stereocenters. The van der Waals surface area contributed by atoms with Crippen molar-refractivity contribution >= 4 is 12.0 Å². The van der Waals surface area contributed by atoms with Gasteiger partial charge in [-0.3, -0.25) is 4.79 Å². The van der Waals surface area contributed by atoms with Gasteiger partial charge >= 0.3 is 12.0 Å². The number of aliphatic carboxylic acids is 1. The van der Waals surface area contributed by atoms with Gasteiger partial charge in [-0.1, -0.05) is 0 Å². The summed E-state index contributed by atoms with van der Waals surface area (Å²) < 4.78 is 0. The molecule has 2 fully saturated rings. The number of hydrogen-bond donors (Lipinski definition) is 1. The molecule has 21 heavy (non-hydrogen) atoms. The predicted molar refractivity (Wildman–Crippen MR) is 76.5 cm³/mol. The van der Waals surface area contributed by atoms with Crippen molar-refractivity contribution in [2.24, 2.45) is 5.92 Å². The molecule has 0 bridgehead atoms. The van der Waals surface area contributed by atoms with Crippen LogP contribution in [0.2, 0.25) is 0 Å². The van der Waals surface area contributed by atoms with Gasteiger partial charge in [0.2, 0.25) is 0 Å². The Morgan fingerprint density at radius 1 is 1.24 bits per heavy atom. The van der Waals surface area contributed by atoms with Crippen LogP contribution < -0.4 is 0 Å². The maximum Gasteiger partial charge on any atom is 0.320 e. The molecule has 0 unspecified atom stereocenters. The highest BCUT2D eigenvalue weighted by Crippen LogP contribution is 2.29. The van der Waals surface area contributed by atoms with Crippen LogP contribution >= 0.6 is 0 Å². The maximum absolute atomic E-state index is 12.5. The summed E-state index contributed by atoms with van der Waals surface area (Å²) >= 11 is 0. The van der Waals surface area contributed by atoms with E-state index < -0.39 is 5.97 Å². The van der Waals surface area contributed by atoms with Crippen LogP contribution in [-0.2, 0) is 4.79 Å². The van der Waals surface area contributed by atoms with E-state index in [0.717, 1.165) is 25.7 Å². The van der Waals surface area contributed by atoms with Crippen molar-refractivity contribution in [1.82, 2.24) is 9.80 Å². The fourth-order valence-corrected chi connectivity index (χ4v) is 2.91. The Balaban J connectivity index is 1.78. The second-order valence-electron chi connectivity index (χ2n) is 5.98. The fraction of sp³-hybridized carbons (Fsp3) is 0.800. The van der Waals surface area contributed by atoms with E-state index >= 15 is 0 Å². The molecule has 1 aliphatic heterocycles. The summed E-state index contributed by atoms with van der Waals surface area (Å²) in [6.07, 6.45) is 5.18. The molecule has 0 aromatic heterocycles. The molecule has 1 N–H and O–H groups in total. The van der Waals surface area contributed by atoms with Gasteiger partial charge in [0.15, 0.2) is 0 Å². The number of urea groups is 1. The average Bonchev–Trinajstić information content (AvgIpc) is 3.30. The Hall–Kier alpha value is -1.77. The standard InChI is InChI=1S/C15H23N3O3/c16-8-1-9-18(13-3-4-13)15(21)17-10-6-12(7-11-17)2-5-14(19)20/h12-13H,1-7,9-11H2,(H,19,20). The SMILES string of the molecule is N#CCCN(C(=O)N1CCC(CCC(=O)O)CC1)C1CC1. The van der Waals surface area contributed by atoms with Crippen molar-refractivity contribution in [2.45, 2.75) is 51.0 Å². The van der Waals surface area contributed by atoms with E-state index in [2.05, 4.69) is 6.07 Å². The van der Waals surface area contributed by atoms with Crippen LogP contribution in [0.25, 0.3) is 0 Å². The first-order chi connectivity index (χ1) is 10.1. The molecule has 0 spiro atoms. The predicted octanol–water partition coefficient (Wildman–Crippen LogP) is 2.06. The molecule has 1 heterocycles. The number of hydrogen-bond acceptors (Lipinski definition) is 3. The number of piperidine rings is 1. The molecular weight excluding hydrogens is 270 g/mol. The van der Waals surface area contributed by atoms with E-state index in [-0.39, 0.29) is 12.5 Å². The number of carboxylic acid groups (broad SMARTS) is 1. The van der Waals surface area contributed by atoms with Crippen molar-refractivity contribution in [3.05, 3.63) is 0 Å². The molecule has 1 saturated carbocycles. The fourth-order valence-electron chi connectivity index (χ4n) is 2.91. The third-order valence-electron chi connectivity index (χ3n) is 4.35. The minimum absolute atomic E-state index is 0.0597. The van der Waals surface area contributed by atoms with Gasteiger partial charge < -0.3 is 14.9 Å². The molecule has 2 aliphatic rings. The Morgan fingerprint density at radius 3 is 2.43 bits per heavy atom. The Labute approximate surface area is 125 Å². The molecule has 116 valence electrons. The summed E-state index contributed by atoms with van der Waals surface area (Å²) in [6, 6.07) is 2.49. The van der Waals surface area contributed by atoms with Gasteiger partial charge in [-0.25, -0.2) is 4.79 Å². The van der Waals surface area contributed by atoms with Gasteiger partial charge in [0.1, 0.15) is 0 Å². The van der Waals surface area contributed by atoms with Gasteiger partial charge in [-0.15, -0.1) is 0 Å². The molecule has 6 nitrogen and oxygen atoms in total. The first-order valence-electron chi connectivity index (χ1n) is 7.76. The van der Waals surface area contributed by atoms with Crippen LogP contribution in [0.3, 0.4) is 0 Å². The van der Waals surface area contributed by atoms with Gasteiger partial charge in [0.25, 0.3) is 0 Å².